The van der Waals surface area contributed by atoms with E-state index in [1.54, 1.807) is 0 Å². The summed E-state index contributed by atoms with van der Waals surface area (Å²) < 4.78 is 54.4. The maximum absolute atomic E-state index is 14.9. The lowest BCUT2D eigenvalue weighted by atomic mass is 9.70. The normalized spacial score (nSPS) is 26.2. The van der Waals surface area contributed by atoms with Crippen molar-refractivity contribution in [2.45, 2.75) is 42.2 Å². The zero-order valence-corrected chi connectivity index (χ0v) is 17.7. The number of benzene rings is 1. The summed E-state index contributed by atoms with van der Waals surface area (Å²) >= 11 is 0. The first kappa shape index (κ1) is 21.1. The van der Waals surface area contributed by atoms with E-state index in [1.165, 1.54) is 56.5 Å². The summed E-state index contributed by atoms with van der Waals surface area (Å²) in [4.78, 5) is 8.38. The van der Waals surface area contributed by atoms with Crippen LogP contribution in [0.1, 0.15) is 49.1 Å². The van der Waals surface area contributed by atoms with Crippen LogP contribution in [-0.2, 0) is 15.4 Å². The van der Waals surface area contributed by atoms with Crippen LogP contribution >= 0.6 is 0 Å². The molecule has 0 radical (unpaired) electrons. The third-order valence-electron chi connectivity index (χ3n) is 6.23. The number of amidine groups is 1. The van der Waals surface area contributed by atoms with Gasteiger partial charge in [0.05, 0.1) is 16.5 Å². The minimum absolute atomic E-state index is 0.0221. The monoisotopic (exact) mass is 442 g/mol. The minimum Gasteiger partial charge on any atom is -0.386 e. The molecule has 9 heteroatoms. The molecule has 1 aliphatic carbocycles. The molecule has 2 N–H and O–H groups in total. The Balaban J connectivity index is 1.79. The highest BCUT2D eigenvalue weighted by atomic mass is 32.2. The van der Waals surface area contributed by atoms with Gasteiger partial charge in [-0.3, -0.25) is 9.98 Å². The van der Waals surface area contributed by atoms with Crippen molar-refractivity contribution >= 4 is 27.6 Å². The van der Waals surface area contributed by atoms with Gasteiger partial charge in [-0.2, -0.15) is 5.26 Å². The average molecular weight is 442 g/mol. The van der Waals surface area contributed by atoms with Crippen molar-refractivity contribution in [2.75, 3.05) is 0 Å². The van der Waals surface area contributed by atoms with Crippen LogP contribution in [0.4, 0.5) is 8.78 Å². The molecule has 2 aromatic rings. The molecule has 1 aromatic heterocycles. The van der Waals surface area contributed by atoms with E-state index < -0.39 is 37.0 Å². The van der Waals surface area contributed by atoms with E-state index in [9.17, 15) is 17.2 Å². The Bertz CT molecular complexity index is 1280. The Hall–Kier alpha value is -3.12. The first-order valence-electron chi connectivity index (χ1n) is 9.66. The fraction of sp³-hybridized carbons (Fsp3) is 0.318. The second-order valence-corrected chi connectivity index (χ2v) is 11.0. The summed E-state index contributed by atoms with van der Waals surface area (Å²) in [5.74, 6) is -1.35. The molecule has 0 bridgehead atoms. The standard InChI is InChI=1S/C22H20F2N4O2S/c1-21(2)20(26)28-22(8-7-19(22)31(21,29)30)15-9-13(3-5-16(15)23)10-17(24)18-6-4-14(11-25)12-27-18/h3-6,9-10,12,19H,7-8H2,1-2H3,(H2,26,28)/b17-10-/t19-,22-/m1/s1. The van der Waals surface area contributed by atoms with Gasteiger partial charge in [-0.15, -0.1) is 0 Å². The Labute approximate surface area is 179 Å². The lowest BCUT2D eigenvalue weighted by Gasteiger charge is -2.52. The van der Waals surface area contributed by atoms with Crippen molar-refractivity contribution in [2.24, 2.45) is 10.7 Å². The highest BCUT2D eigenvalue weighted by molar-refractivity contribution is 7.94. The lowest BCUT2D eigenvalue weighted by molar-refractivity contribution is 0.242. The van der Waals surface area contributed by atoms with Gasteiger partial charge < -0.3 is 5.73 Å². The third-order valence-corrected chi connectivity index (χ3v) is 9.24. The highest BCUT2D eigenvalue weighted by Gasteiger charge is 2.63. The molecule has 1 fully saturated rings. The van der Waals surface area contributed by atoms with Crippen molar-refractivity contribution in [1.29, 1.82) is 5.26 Å². The number of sulfone groups is 1. The van der Waals surface area contributed by atoms with E-state index in [-0.39, 0.29) is 17.1 Å². The van der Waals surface area contributed by atoms with Crippen LogP contribution in [0, 0.1) is 17.1 Å². The maximum atomic E-state index is 14.9. The van der Waals surface area contributed by atoms with E-state index in [2.05, 4.69) is 9.98 Å². The highest BCUT2D eigenvalue weighted by Crippen LogP contribution is 2.54. The zero-order valence-electron chi connectivity index (χ0n) is 16.9. The second-order valence-electron chi connectivity index (χ2n) is 8.28. The number of hydrogen-bond donors (Lipinski definition) is 1. The number of fused-ring (bicyclic) bond motifs is 1. The molecule has 2 atom stereocenters. The summed E-state index contributed by atoms with van der Waals surface area (Å²) in [7, 11) is -3.71. The number of nitrogens with two attached hydrogens (primary N) is 1. The minimum atomic E-state index is -3.71. The number of nitrogens with zero attached hydrogens (tertiary/aromatic N) is 3. The van der Waals surface area contributed by atoms with Crippen molar-refractivity contribution in [3.8, 4) is 6.07 Å². The van der Waals surface area contributed by atoms with Gasteiger partial charge in [0, 0.05) is 11.8 Å². The van der Waals surface area contributed by atoms with E-state index in [0.29, 0.717) is 24.0 Å². The average Bonchev–Trinajstić information content (AvgIpc) is 2.71. The Kier molecular flexibility index (Phi) is 4.74. The van der Waals surface area contributed by atoms with Gasteiger partial charge in [-0.1, -0.05) is 6.07 Å². The van der Waals surface area contributed by atoms with Crippen molar-refractivity contribution in [3.63, 3.8) is 0 Å². The molecule has 31 heavy (non-hydrogen) atoms. The quantitative estimate of drug-likeness (QED) is 0.783. The van der Waals surface area contributed by atoms with E-state index in [1.807, 2.05) is 6.07 Å². The van der Waals surface area contributed by atoms with Crippen molar-refractivity contribution in [1.82, 2.24) is 4.98 Å². The smallest absolute Gasteiger partial charge is 0.168 e. The molecule has 2 heterocycles. The van der Waals surface area contributed by atoms with Gasteiger partial charge in [0.1, 0.15) is 33.8 Å². The molecular formula is C22H20F2N4O2S. The number of rotatable bonds is 3. The SMILES string of the molecule is CC1(C)C(N)=N[C@@]2(c3cc(/C=C(\F)c4ccc(C#N)cn4)ccc3F)CC[C@H]2S1(=O)=O. The van der Waals surface area contributed by atoms with Crippen LogP contribution in [-0.4, -0.2) is 29.2 Å². The maximum Gasteiger partial charge on any atom is 0.168 e. The molecule has 1 aromatic carbocycles. The van der Waals surface area contributed by atoms with Gasteiger partial charge in [-0.05, 0) is 62.6 Å². The summed E-state index contributed by atoms with van der Waals surface area (Å²) in [5, 5.41) is 7.94. The molecule has 1 saturated carbocycles. The topological polar surface area (TPSA) is 109 Å². The van der Waals surface area contributed by atoms with E-state index in [4.69, 9.17) is 11.0 Å². The van der Waals surface area contributed by atoms with Crippen LogP contribution in [0.3, 0.4) is 0 Å². The van der Waals surface area contributed by atoms with E-state index in [0.717, 1.165) is 0 Å². The predicted octanol–water partition coefficient (Wildman–Crippen LogP) is 3.48. The molecule has 1 aliphatic heterocycles. The third kappa shape index (κ3) is 3.05. The number of pyridine rings is 1. The summed E-state index contributed by atoms with van der Waals surface area (Å²) in [5.41, 5.74) is 5.43. The molecule has 0 saturated heterocycles. The molecule has 0 unspecified atom stereocenters. The van der Waals surface area contributed by atoms with Crippen LogP contribution in [0.15, 0.2) is 41.5 Å². The van der Waals surface area contributed by atoms with Crippen LogP contribution in [0.5, 0.6) is 0 Å². The van der Waals surface area contributed by atoms with Gasteiger partial charge in [0.2, 0.25) is 0 Å². The Morgan fingerprint density at radius 3 is 2.65 bits per heavy atom. The van der Waals surface area contributed by atoms with Crippen LogP contribution in [0.25, 0.3) is 11.9 Å². The summed E-state index contributed by atoms with van der Waals surface area (Å²) in [6.07, 6.45) is 3.11. The second kappa shape index (κ2) is 6.95. The first-order valence-corrected chi connectivity index (χ1v) is 11.2. The van der Waals surface area contributed by atoms with Gasteiger partial charge in [0.15, 0.2) is 9.84 Å². The van der Waals surface area contributed by atoms with Crippen LogP contribution in [0.2, 0.25) is 0 Å². The molecule has 160 valence electrons. The number of hydrogen-bond acceptors (Lipinski definition) is 6. The largest absolute Gasteiger partial charge is 0.386 e. The fourth-order valence-electron chi connectivity index (χ4n) is 4.08. The molecular weight excluding hydrogens is 422 g/mol. The molecule has 6 nitrogen and oxygen atoms in total. The van der Waals surface area contributed by atoms with Crippen molar-refractivity contribution < 1.29 is 17.2 Å². The number of aromatic nitrogens is 1. The van der Waals surface area contributed by atoms with Crippen LogP contribution < -0.4 is 5.73 Å². The lowest BCUT2D eigenvalue weighted by Crippen LogP contribution is -2.65. The zero-order chi connectivity index (χ0) is 22.6. The molecule has 0 amide bonds. The fourth-order valence-corrected chi connectivity index (χ4v) is 6.37. The van der Waals surface area contributed by atoms with Gasteiger partial charge in [0.25, 0.3) is 0 Å². The first-order chi connectivity index (χ1) is 14.5. The number of nitriles is 1. The molecule has 0 spiro atoms. The number of halogens is 2. The molecule has 2 aliphatic rings. The van der Waals surface area contributed by atoms with Gasteiger partial charge >= 0.3 is 0 Å². The van der Waals surface area contributed by atoms with Gasteiger partial charge in [-0.25, -0.2) is 17.2 Å². The molecule has 4 rings (SSSR count). The summed E-state index contributed by atoms with van der Waals surface area (Å²) in [6, 6.07) is 8.69. The number of aliphatic imine (C=N–C) groups is 1. The Morgan fingerprint density at radius 2 is 2.06 bits per heavy atom. The summed E-state index contributed by atoms with van der Waals surface area (Å²) in [6.45, 7) is 3.00. The Morgan fingerprint density at radius 1 is 1.32 bits per heavy atom. The van der Waals surface area contributed by atoms with Crippen molar-refractivity contribution in [3.05, 3.63) is 64.7 Å². The predicted molar refractivity (Wildman–Crippen MR) is 114 cm³/mol. The van der Waals surface area contributed by atoms with E-state index >= 15 is 0 Å².